The van der Waals surface area contributed by atoms with E-state index in [9.17, 15) is 19.2 Å². The lowest BCUT2D eigenvalue weighted by Crippen LogP contribution is -2.45. The summed E-state index contributed by atoms with van der Waals surface area (Å²) in [5, 5.41) is 2.69. The Bertz CT molecular complexity index is 873. The van der Waals surface area contributed by atoms with Gasteiger partial charge in [-0.2, -0.15) is 0 Å². The van der Waals surface area contributed by atoms with Crippen LogP contribution in [0.5, 0.6) is 0 Å². The van der Waals surface area contributed by atoms with E-state index in [1.54, 1.807) is 12.1 Å². The number of carbonyl (C=O) groups excluding carboxylic acids is 4. The number of aryl methyl sites for hydroxylation is 1. The van der Waals surface area contributed by atoms with Gasteiger partial charge in [-0.25, -0.2) is 4.79 Å². The highest BCUT2D eigenvalue weighted by molar-refractivity contribution is 9.10. The molecule has 1 heterocycles. The van der Waals surface area contributed by atoms with Gasteiger partial charge in [0.25, 0.3) is 5.91 Å². The van der Waals surface area contributed by atoms with Gasteiger partial charge in [-0.05, 0) is 68.7 Å². The number of benzene rings is 1. The Kier molecular flexibility index (Phi) is 5.23. The third-order valence-corrected chi connectivity index (χ3v) is 6.99. The van der Waals surface area contributed by atoms with Gasteiger partial charge in [0, 0.05) is 10.2 Å². The largest absolute Gasteiger partial charge is 0.454 e. The van der Waals surface area contributed by atoms with Crippen LogP contribution in [-0.4, -0.2) is 41.2 Å². The summed E-state index contributed by atoms with van der Waals surface area (Å²) in [5.74, 6) is -1.78. The zero-order valence-electron chi connectivity index (χ0n) is 16.3. The highest BCUT2D eigenvalue weighted by Gasteiger charge is 2.62. The van der Waals surface area contributed by atoms with E-state index < -0.39 is 24.5 Å². The second-order valence-electron chi connectivity index (χ2n) is 8.22. The Balaban J connectivity index is 1.34. The van der Waals surface area contributed by atoms with Crippen molar-refractivity contribution >= 4 is 45.3 Å². The van der Waals surface area contributed by atoms with Crippen molar-refractivity contribution < 1.29 is 23.9 Å². The van der Waals surface area contributed by atoms with Crippen LogP contribution < -0.4 is 5.32 Å². The van der Waals surface area contributed by atoms with E-state index >= 15 is 0 Å². The lowest BCUT2D eigenvalue weighted by Gasteiger charge is -2.23. The van der Waals surface area contributed by atoms with Gasteiger partial charge in [-0.3, -0.25) is 19.3 Å². The number of nitrogens with zero attached hydrogens (tertiary/aromatic N) is 1. The van der Waals surface area contributed by atoms with Gasteiger partial charge in [-0.15, -0.1) is 0 Å². The molecule has 2 bridgehead atoms. The van der Waals surface area contributed by atoms with Gasteiger partial charge in [0.05, 0.1) is 11.8 Å². The Morgan fingerprint density at radius 2 is 1.83 bits per heavy atom. The van der Waals surface area contributed by atoms with Gasteiger partial charge in [0.1, 0.15) is 6.04 Å². The van der Waals surface area contributed by atoms with Crippen LogP contribution in [0.25, 0.3) is 0 Å². The van der Waals surface area contributed by atoms with E-state index in [-0.39, 0.29) is 35.5 Å². The molecule has 1 N–H and O–H groups in total. The molecule has 2 saturated carbocycles. The molecule has 5 atom stereocenters. The SMILES string of the molecule is Cc1cc(Br)ccc1NC(=O)COC(=O)[C@H](C)N1C(=O)[C@H]2[C@H]3CC[C@@H](C3)[C@@H]2C1=O. The third-order valence-electron chi connectivity index (χ3n) is 6.50. The van der Waals surface area contributed by atoms with Crippen LogP contribution in [0.4, 0.5) is 5.69 Å². The summed E-state index contributed by atoms with van der Waals surface area (Å²) < 4.78 is 5.99. The van der Waals surface area contributed by atoms with E-state index in [1.807, 2.05) is 13.0 Å². The smallest absolute Gasteiger partial charge is 0.329 e. The fraction of sp³-hybridized carbons (Fsp3) is 0.524. The number of esters is 1. The molecule has 0 spiro atoms. The average Bonchev–Trinajstić information content (AvgIpc) is 3.35. The number of carbonyl (C=O) groups is 4. The van der Waals surface area contributed by atoms with Crippen molar-refractivity contribution in [3.05, 3.63) is 28.2 Å². The van der Waals surface area contributed by atoms with E-state index in [0.717, 1.165) is 34.2 Å². The Labute approximate surface area is 177 Å². The van der Waals surface area contributed by atoms with Crippen molar-refractivity contribution in [3.63, 3.8) is 0 Å². The minimum atomic E-state index is -1.03. The maximum atomic E-state index is 12.8. The Morgan fingerprint density at radius 1 is 1.21 bits per heavy atom. The molecular weight excluding hydrogens is 440 g/mol. The number of halogens is 1. The highest BCUT2D eigenvalue weighted by Crippen LogP contribution is 2.56. The molecule has 0 aromatic heterocycles. The number of anilines is 1. The number of likely N-dealkylation sites (tertiary alicyclic amines) is 1. The van der Waals surface area contributed by atoms with Crippen LogP contribution in [-0.2, 0) is 23.9 Å². The second-order valence-corrected chi connectivity index (χ2v) is 9.14. The molecule has 154 valence electrons. The zero-order valence-corrected chi connectivity index (χ0v) is 17.9. The summed E-state index contributed by atoms with van der Waals surface area (Å²) in [6.07, 6.45) is 2.90. The summed E-state index contributed by atoms with van der Waals surface area (Å²) in [6.45, 7) is 2.86. The summed E-state index contributed by atoms with van der Waals surface area (Å²) in [7, 11) is 0. The summed E-state index contributed by atoms with van der Waals surface area (Å²) in [5.41, 5.74) is 1.48. The molecule has 3 fully saturated rings. The van der Waals surface area contributed by atoms with Crippen molar-refractivity contribution in [1.29, 1.82) is 0 Å². The molecule has 0 unspecified atom stereocenters. The second kappa shape index (κ2) is 7.55. The number of amides is 3. The first-order valence-corrected chi connectivity index (χ1v) is 10.7. The standard InChI is InChI=1S/C21H23BrN2O5/c1-10-7-14(22)5-6-15(10)23-16(25)9-29-21(28)11(2)24-19(26)17-12-3-4-13(8-12)18(17)20(24)27/h5-7,11-13,17-18H,3-4,8-9H2,1-2H3,(H,23,25)/t11-,12-,13-,17-,18-/m0/s1. The van der Waals surface area contributed by atoms with Crippen LogP contribution in [0.2, 0.25) is 0 Å². The first-order chi connectivity index (χ1) is 13.8. The summed E-state index contributed by atoms with van der Waals surface area (Å²) in [6, 6.07) is 4.38. The lowest BCUT2D eigenvalue weighted by atomic mass is 9.81. The fourth-order valence-corrected chi connectivity index (χ4v) is 5.61. The lowest BCUT2D eigenvalue weighted by molar-refractivity contribution is -0.159. The quantitative estimate of drug-likeness (QED) is 0.536. The fourth-order valence-electron chi connectivity index (χ4n) is 5.13. The predicted molar refractivity (Wildman–Crippen MR) is 108 cm³/mol. The number of fused-ring (bicyclic) bond motifs is 5. The van der Waals surface area contributed by atoms with Crippen LogP contribution in [0.3, 0.4) is 0 Å². The predicted octanol–water partition coefficient (Wildman–Crippen LogP) is 2.66. The topological polar surface area (TPSA) is 92.8 Å². The van der Waals surface area contributed by atoms with Crippen molar-refractivity contribution in [2.75, 3.05) is 11.9 Å². The van der Waals surface area contributed by atoms with E-state index in [1.165, 1.54) is 6.92 Å². The van der Waals surface area contributed by atoms with E-state index in [0.29, 0.717) is 5.69 Å². The van der Waals surface area contributed by atoms with Crippen molar-refractivity contribution in [3.8, 4) is 0 Å². The Morgan fingerprint density at radius 3 is 2.41 bits per heavy atom. The monoisotopic (exact) mass is 462 g/mol. The summed E-state index contributed by atoms with van der Waals surface area (Å²) in [4.78, 5) is 51.2. The molecule has 0 radical (unpaired) electrons. The zero-order chi connectivity index (χ0) is 20.9. The minimum absolute atomic E-state index is 0.258. The first kappa shape index (κ1) is 20.1. The molecule has 1 saturated heterocycles. The number of hydrogen-bond donors (Lipinski definition) is 1. The van der Waals surface area contributed by atoms with Gasteiger partial charge in [0.2, 0.25) is 11.8 Å². The number of hydrogen-bond acceptors (Lipinski definition) is 5. The number of nitrogens with one attached hydrogen (secondary N) is 1. The van der Waals surface area contributed by atoms with Crippen molar-refractivity contribution in [2.45, 2.75) is 39.2 Å². The molecule has 4 rings (SSSR count). The molecule has 29 heavy (non-hydrogen) atoms. The molecule has 7 nitrogen and oxygen atoms in total. The average molecular weight is 463 g/mol. The normalized spacial score (nSPS) is 28.4. The van der Waals surface area contributed by atoms with Crippen LogP contribution in [0, 0.1) is 30.6 Å². The molecule has 3 amide bonds. The van der Waals surface area contributed by atoms with Crippen molar-refractivity contribution in [2.24, 2.45) is 23.7 Å². The molecule has 1 aromatic rings. The first-order valence-electron chi connectivity index (χ1n) is 9.87. The van der Waals surface area contributed by atoms with E-state index in [4.69, 9.17) is 4.74 Å². The number of rotatable bonds is 5. The number of imide groups is 1. The maximum absolute atomic E-state index is 12.8. The third kappa shape index (κ3) is 3.47. The molecule has 8 heteroatoms. The minimum Gasteiger partial charge on any atom is -0.454 e. The Hall–Kier alpha value is -2.22. The van der Waals surface area contributed by atoms with Gasteiger partial charge in [0.15, 0.2) is 6.61 Å². The van der Waals surface area contributed by atoms with Gasteiger partial charge < -0.3 is 10.1 Å². The highest BCUT2D eigenvalue weighted by atomic mass is 79.9. The molecule has 1 aromatic carbocycles. The van der Waals surface area contributed by atoms with Gasteiger partial charge in [-0.1, -0.05) is 15.9 Å². The van der Waals surface area contributed by atoms with Crippen LogP contribution >= 0.6 is 15.9 Å². The molecular formula is C21H23BrN2O5. The molecule has 2 aliphatic carbocycles. The molecule has 1 aliphatic heterocycles. The van der Waals surface area contributed by atoms with Crippen LogP contribution in [0.1, 0.15) is 31.7 Å². The van der Waals surface area contributed by atoms with Crippen LogP contribution in [0.15, 0.2) is 22.7 Å². The molecule has 3 aliphatic rings. The van der Waals surface area contributed by atoms with Crippen molar-refractivity contribution in [1.82, 2.24) is 4.90 Å². The van der Waals surface area contributed by atoms with Gasteiger partial charge >= 0.3 is 5.97 Å². The maximum Gasteiger partial charge on any atom is 0.329 e. The summed E-state index contributed by atoms with van der Waals surface area (Å²) >= 11 is 3.36. The van der Waals surface area contributed by atoms with E-state index in [2.05, 4.69) is 21.2 Å². The number of ether oxygens (including phenoxy) is 1.